The first-order valence-electron chi connectivity index (χ1n) is 20.5. The van der Waals surface area contributed by atoms with Crippen LogP contribution in [0.4, 0.5) is 0 Å². The summed E-state index contributed by atoms with van der Waals surface area (Å²) in [6.45, 7) is 0. The third-order valence-electron chi connectivity index (χ3n) is 14.3. The molecule has 0 saturated carbocycles. The maximum Gasteiger partial charge on any atom is 0.170 e. The Balaban J connectivity index is 1.08. The molecule has 58 heavy (non-hydrogen) atoms. The fourth-order valence-corrected chi connectivity index (χ4v) is 14.9. The second-order valence-corrected chi connectivity index (χ2v) is 19.3. The monoisotopic (exact) mass is 756 g/mol. The summed E-state index contributed by atoms with van der Waals surface area (Å²) >= 11 is 0. The van der Waals surface area contributed by atoms with Crippen molar-refractivity contribution < 1.29 is 4.57 Å². The van der Waals surface area contributed by atoms with Gasteiger partial charge in [0, 0.05) is 27.8 Å². The zero-order valence-electron chi connectivity index (χ0n) is 31.7. The minimum atomic E-state index is -3.45. The summed E-state index contributed by atoms with van der Waals surface area (Å²) in [6, 6.07) is 70.8. The van der Waals surface area contributed by atoms with Crippen molar-refractivity contribution >= 4 is 17.8 Å². The maximum absolute atomic E-state index is 17.0. The van der Waals surface area contributed by atoms with Crippen molar-refractivity contribution in [2.24, 2.45) is 5.92 Å². The van der Waals surface area contributed by atoms with Crippen LogP contribution in [-0.2, 0) is 15.4 Å². The van der Waals surface area contributed by atoms with Crippen molar-refractivity contribution in [1.82, 2.24) is 0 Å². The maximum atomic E-state index is 17.0. The molecule has 8 aromatic rings. The molecule has 1 nitrogen and oxygen atoms in total. The lowest BCUT2D eigenvalue weighted by atomic mass is 9.65. The van der Waals surface area contributed by atoms with Gasteiger partial charge in [-0.05, 0) is 84.0 Å². The van der Waals surface area contributed by atoms with Crippen LogP contribution >= 0.6 is 7.14 Å². The van der Waals surface area contributed by atoms with Crippen LogP contribution in [-0.4, -0.2) is 0 Å². The molecule has 0 N–H and O–H groups in total. The summed E-state index contributed by atoms with van der Waals surface area (Å²) in [5.74, 6) is 0.179. The summed E-state index contributed by atoms with van der Waals surface area (Å²) in [5, 5.41) is 2.64. The Hall–Kier alpha value is -6.53. The number of allylic oxidation sites excluding steroid dienone is 4. The molecule has 0 radical (unpaired) electrons. The average molecular weight is 757 g/mol. The minimum absolute atomic E-state index is 0.0327. The molecule has 2 spiro atoms. The molecule has 0 heterocycles. The van der Waals surface area contributed by atoms with Crippen LogP contribution in [0.3, 0.4) is 0 Å². The molecule has 0 aliphatic heterocycles. The van der Waals surface area contributed by atoms with Crippen LogP contribution < -0.4 is 10.6 Å². The van der Waals surface area contributed by atoms with E-state index in [-0.39, 0.29) is 11.8 Å². The fraction of sp³-hybridized carbons (Fsp3) is 0.0714. The average Bonchev–Trinajstić information content (AvgIpc) is 3.98. The molecule has 3 atom stereocenters. The van der Waals surface area contributed by atoms with Gasteiger partial charge in [-0.15, -0.1) is 0 Å². The first-order valence-corrected chi connectivity index (χ1v) is 22.2. The van der Waals surface area contributed by atoms with Gasteiger partial charge in [0.1, 0.15) is 0 Å². The summed E-state index contributed by atoms with van der Waals surface area (Å²) < 4.78 is 17.0. The SMILES string of the molecule is O=P(C1=CC2C(C=C1)c1ccccc1C21c2ccccc2-c2ccccc21)(c1ccccc1)c1ccc2c(c1)C1(c3ccccc3-c3ccccc31)c1ccccc1-2. The Kier molecular flexibility index (Phi) is 6.47. The van der Waals surface area contributed by atoms with E-state index in [4.69, 9.17) is 0 Å². The van der Waals surface area contributed by atoms with Gasteiger partial charge in [-0.2, -0.15) is 0 Å². The van der Waals surface area contributed by atoms with Gasteiger partial charge in [0.2, 0.25) is 0 Å². The highest BCUT2D eigenvalue weighted by molar-refractivity contribution is 7.82. The number of hydrogen-bond acceptors (Lipinski definition) is 1. The second kappa shape index (κ2) is 11.5. The van der Waals surface area contributed by atoms with Gasteiger partial charge in [-0.3, -0.25) is 0 Å². The van der Waals surface area contributed by atoms with Crippen molar-refractivity contribution in [3.05, 3.63) is 262 Å². The molecule has 3 unspecified atom stereocenters. The van der Waals surface area contributed by atoms with Gasteiger partial charge in [-0.1, -0.05) is 206 Å². The molecule has 0 fully saturated rings. The van der Waals surface area contributed by atoms with E-state index in [1.165, 1.54) is 77.9 Å². The van der Waals surface area contributed by atoms with Crippen LogP contribution in [0.5, 0.6) is 0 Å². The number of fused-ring (bicyclic) bond motifs is 20. The van der Waals surface area contributed by atoms with Gasteiger partial charge >= 0.3 is 0 Å². The van der Waals surface area contributed by atoms with Crippen molar-refractivity contribution in [3.63, 3.8) is 0 Å². The molecule has 5 aliphatic carbocycles. The van der Waals surface area contributed by atoms with E-state index in [1.54, 1.807) is 0 Å². The number of rotatable bonds is 3. The molecule has 13 rings (SSSR count). The lowest BCUT2D eigenvalue weighted by Gasteiger charge is -2.37. The summed E-state index contributed by atoms with van der Waals surface area (Å²) in [7, 11) is -3.45. The summed E-state index contributed by atoms with van der Waals surface area (Å²) in [4.78, 5) is 0. The zero-order valence-corrected chi connectivity index (χ0v) is 32.6. The van der Waals surface area contributed by atoms with Crippen molar-refractivity contribution in [3.8, 4) is 33.4 Å². The second-order valence-electron chi connectivity index (χ2n) is 16.6. The van der Waals surface area contributed by atoms with Crippen molar-refractivity contribution in [1.29, 1.82) is 0 Å². The molecule has 0 saturated heterocycles. The van der Waals surface area contributed by atoms with E-state index >= 15 is 4.57 Å². The quantitative estimate of drug-likeness (QED) is 0.164. The highest BCUT2D eigenvalue weighted by Crippen LogP contribution is 2.68. The molecular weight excluding hydrogens is 720 g/mol. The van der Waals surface area contributed by atoms with Crippen LogP contribution in [0.1, 0.15) is 50.4 Å². The van der Waals surface area contributed by atoms with E-state index in [9.17, 15) is 0 Å². The van der Waals surface area contributed by atoms with Gasteiger partial charge in [0.25, 0.3) is 0 Å². The first-order chi connectivity index (χ1) is 28.7. The molecule has 2 heteroatoms. The number of hydrogen-bond donors (Lipinski definition) is 0. The molecule has 5 aliphatic rings. The summed E-state index contributed by atoms with van der Waals surface area (Å²) in [6.07, 6.45) is 7.03. The Bertz CT molecular complexity index is 3070. The van der Waals surface area contributed by atoms with Crippen molar-refractivity contribution in [2.45, 2.75) is 16.7 Å². The molecule has 0 bridgehead atoms. The third kappa shape index (κ3) is 3.77. The molecule has 8 aromatic carbocycles. The molecule has 0 aromatic heterocycles. The third-order valence-corrected chi connectivity index (χ3v) is 17.3. The number of benzene rings is 8. The largest absolute Gasteiger partial charge is 0.309 e. The Labute approximate surface area is 339 Å². The highest BCUT2D eigenvalue weighted by Gasteiger charge is 2.58. The van der Waals surface area contributed by atoms with E-state index < -0.39 is 18.0 Å². The first kappa shape index (κ1) is 32.5. The Morgan fingerprint density at radius 1 is 0.397 bits per heavy atom. The lowest BCUT2D eigenvalue weighted by molar-refractivity contribution is 0.464. The van der Waals surface area contributed by atoms with Gasteiger partial charge in [0.05, 0.1) is 10.8 Å². The van der Waals surface area contributed by atoms with Gasteiger partial charge in [-0.25, -0.2) is 0 Å². The van der Waals surface area contributed by atoms with Crippen molar-refractivity contribution in [2.75, 3.05) is 0 Å². The van der Waals surface area contributed by atoms with Gasteiger partial charge < -0.3 is 4.57 Å². The van der Waals surface area contributed by atoms with Gasteiger partial charge in [0.15, 0.2) is 7.14 Å². The predicted octanol–water partition coefficient (Wildman–Crippen LogP) is 12.5. The zero-order chi connectivity index (χ0) is 38.2. The summed E-state index contributed by atoms with van der Waals surface area (Å²) in [5.41, 5.74) is 17.1. The van der Waals surface area contributed by atoms with Crippen LogP contribution in [0, 0.1) is 5.92 Å². The van der Waals surface area contributed by atoms with Crippen LogP contribution in [0.25, 0.3) is 33.4 Å². The van der Waals surface area contributed by atoms with E-state index in [1.807, 2.05) is 18.2 Å². The molecular formula is C56H37OP. The van der Waals surface area contributed by atoms with E-state index in [2.05, 4.69) is 194 Å². The minimum Gasteiger partial charge on any atom is -0.309 e. The Morgan fingerprint density at radius 2 is 0.845 bits per heavy atom. The van der Waals surface area contributed by atoms with Crippen LogP contribution in [0.15, 0.2) is 218 Å². The topological polar surface area (TPSA) is 17.1 Å². The molecule has 272 valence electrons. The smallest absolute Gasteiger partial charge is 0.170 e. The molecule has 0 amide bonds. The van der Waals surface area contributed by atoms with E-state index in [0.29, 0.717) is 0 Å². The predicted molar refractivity (Wildman–Crippen MR) is 238 cm³/mol. The highest BCUT2D eigenvalue weighted by atomic mass is 31.2. The standard InChI is InChI=1S/C56H37OP/c57-58(36-16-2-1-3-17-36,37-30-32-45-43-22-8-14-28-51(43)55(53(45)34-37)47-24-10-4-18-39(47)40-19-5-11-25-48(40)55)38-31-33-46-44-23-9-15-29-52(44)56(54(46)35-38)49-26-12-6-20-41(49)42-21-7-13-27-50(42)56/h1-35,45,53H. The Morgan fingerprint density at radius 3 is 1.41 bits per heavy atom. The van der Waals surface area contributed by atoms with Crippen LogP contribution in [0.2, 0.25) is 0 Å². The fourth-order valence-electron chi connectivity index (χ4n) is 12.2. The van der Waals surface area contributed by atoms with E-state index in [0.717, 1.165) is 15.9 Å². The normalized spacial score (nSPS) is 19.6. The lowest BCUT2D eigenvalue weighted by Crippen LogP contribution is -2.33.